The van der Waals surface area contributed by atoms with Crippen molar-refractivity contribution in [1.29, 1.82) is 0 Å². The highest BCUT2D eigenvalue weighted by Gasteiger charge is 2.45. The van der Waals surface area contributed by atoms with E-state index in [4.69, 9.17) is 9.15 Å². The van der Waals surface area contributed by atoms with Crippen molar-refractivity contribution < 1.29 is 22.7 Å². The summed E-state index contributed by atoms with van der Waals surface area (Å²) in [5.41, 5.74) is 1.11. The minimum absolute atomic E-state index is 0.000695. The average molecular weight is 493 g/mol. The average Bonchev–Trinajstić information content (AvgIpc) is 3.52. The number of methoxy groups -OCH3 is 1. The molecule has 0 N–H and O–H groups in total. The maximum atomic E-state index is 14.0. The van der Waals surface area contributed by atoms with Crippen molar-refractivity contribution in [1.82, 2.24) is 19.7 Å². The third-order valence-electron chi connectivity index (χ3n) is 6.86. The van der Waals surface area contributed by atoms with Crippen LogP contribution in [-0.4, -0.2) is 32.6 Å². The van der Waals surface area contributed by atoms with E-state index in [0.717, 1.165) is 29.7 Å². The van der Waals surface area contributed by atoms with Gasteiger partial charge in [0.25, 0.3) is 0 Å². The van der Waals surface area contributed by atoms with Crippen molar-refractivity contribution in [3.05, 3.63) is 71.5 Å². The molecule has 1 aliphatic rings. The molecular weight excluding hydrogens is 466 g/mol. The van der Waals surface area contributed by atoms with Crippen LogP contribution in [0.15, 0.2) is 47.0 Å². The highest BCUT2D eigenvalue weighted by atomic mass is 19.2. The lowest BCUT2D eigenvalue weighted by Gasteiger charge is -2.35. The first kappa shape index (κ1) is 23.8. The Kier molecular flexibility index (Phi) is 6.15. The quantitative estimate of drug-likeness (QED) is 0.341. The van der Waals surface area contributed by atoms with Gasteiger partial charge in [0.05, 0.1) is 24.3 Å². The van der Waals surface area contributed by atoms with Gasteiger partial charge in [-0.3, -0.25) is 4.79 Å². The van der Waals surface area contributed by atoms with Crippen molar-refractivity contribution in [2.24, 2.45) is 0 Å². The summed E-state index contributed by atoms with van der Waals surface area (Å²) in [4.78, 5) is 17.5. The molecule has 1 unspecified atom stereocenters. The van der Waals surface area contributed by atoms with Crippen molar-refractivity contribution in [2.75, 3.05) is 7.11 Å². The first-order valence-electron chi connectivity index (χ1n) is 11.9. The van der Waals surface area contributed by atoms with E-state index in [1.54, 1.807) is 27.2 Å². The normalized spacial score (nSPS) is 17.1. The minimum Gasteiger partial charge on any atom is -0.496 e. The second-order valence-electron chi connectivity index (χ2n) is 9.05. The molecule has 1 aliphatic heterocycles. The van der Waals surface area contributed by atoms with Crippen LogP contribution >= 0.6 is 0 Å². The van der Waals surface area contributed by atoms with Crippen LogP contribution in [0.25, 0.3) is 22.7 Å². The number of fused-ring (bicyclic) bond motifs is 1. The van der Waals surface area contributed by atoms with Gasteiger partial charge in [-0.25, -0.2) is 13.8 Å². The number of hydrogen-bond acceptors (Lipinski definition) is 6. The zero-order chi connectivity index (χ0) is 25.4. The van der Waals surface area contributed by atoms with Gasteiger partial charge in [-0.05, 0) is 49.1 Å². The molecular formula is C27H26F2N4O3. The topological polar surface area (TPSA) is 83.0 Å². The summed E-state index contributed by atoms with van der Waals surface area (Å²) >= 11 is 0. The molecule has 3 heterocycles. The number of carbonyl (C=O) groups excluding carboxylic acids is 1. The molecule has 186 valence electrons. The number of ketones is 1. The summed E-state index contributed by atoms with van der Waals surface area (Å²) in [7, 11) is 1.58. The summed E-state index contributed by atoms with van der Waals surface area (Å²) in [5.74, 6) is 1.06. The smallest absolute Gasteiger partial charge is 0.191 e. The molecule has 0 aliphatic carbocycles. The van der Waals surface area contributed by atoms with Gasteiger partial charge in [0.1, 0.15) is 17.4 Å². The van der Waals surface area contributed by atoms with E-state index in [-0.39, 0.29) is 12.2 Å². The Morgan fingerprint density at radius 2 is 2.00 bits per heavy atom. The van der Waals surface area contributed by atoms with Crippen molar-refractivity contribution >= 4 is 5.78 Å². The maximum Gasteiger partial charge on any atom is 0.191 e. The number of halogens is 2. The fourth-order valence-electron chi connectivity index (χ4n) is 5.12. The number of carbonyl (C=O) groups is 1. The second kappa shape index (κ2) is 9.29. The molecule has 0 radical (unpaired) electrons. The number of Topliss-reactive ketones (excluding diaryl/α,β-unsaturated/α-hetero) is 1. The van der Waals surface area contributed by atoms with Gasteiger partial charge >= 0.3 is 0 Å². The van der Waals surface area contributed by atoms with Crippen molar-refractivity contribution in [2.45, 2.75) is 51.5 Å². The molecule has 7 nitrogen and oxygen atoms in total. The molecule has 1 atom stereocenters. The maximum absolute atomic E-state index is 14.0. The molecule has 36 heavy (non-hydrogen) atoms. The van der Waals surface area contributed by atoms with Gasteiger partial charge in [-0.1, -0.05) is 19.1 Å². The highest BCUT2D eigenvalue weighted by Crippen LogP contribution is 2.41. The monoisotopic (exact) mass is 492 g/mol. The lowest BCUT2D eigenvalue weighted by molar-refractivity contribution is -0.125. The van der Waals surface area contributed by atoms with Crippen molar-refractivity contribution in [3.8, 4) is 28.5 Å². The number of hydrogen-bond donors (Lipinski definition) is 0. The van der Waals surface area contributed by atoms with E-state index in [9.17, 15) is 13.6 Å². The van der Waals surface area contributed by atoms with E-state index in [1.165, 1.54) is 6.07 Å². The molecule has 0 fully saturated rings. The van der Waals surface area contributed by atoms with E-state index in [0.29, 0.717) is 54.0 Å². The van der Waals surface area contributed by atoms with Crippen LogP contribution in [0, 0.1) is 18.6 Å². The van der Waals surface area contributed by atoms with Crippen LogP contribution in [0.3, 0.4) is 0 Å². The van der Waals surface area contributed by atoms with E-state index >= 15 is 0 Å². The summed E-state index contributed by atoms with van der Waals surface area (Å²) in [6.45, 7) is 4.22. The van der Waals surface area contributed by atoms with E-state index in [1.807, 2.05) is 22.8 Å². The Labute approximate surface area is 207 Å². The fourth-order valence-corrected chi connectivity index (χ4v) is 5.12. The number of rotatable bonds is 7. The summed E-state index contributed by atoms with van der Waals surface area (Å²) in [5, 5.41) is 8.96. The van der Waals surface area contributed by atoms with Crippen LogP contribution in [0.5, 0.6) is 5.75 Å². The molecule has 0 saturated heterocycles. The Morgan fingerprint density at radius 3 is 2.69 bits per heavy atom. The van der Waals surface area contributed by atoms with Crippen molar-refractivity contribution in [3.63, 3.8) is 0 Å². The number of aromatic nitrogens is 4. The SMILES string of the molecule is CCC(=O)C1(Cc2ccc(F)c(F)c2)CCCn2c(-c3ccc(-c4cnc(C)o4)c(OC)c3)nnc21. The van der Waals surface area contributed by atoms with Crippen LogP contribution < -0.4 is 4.74 Å². The molecule has 0 saturated carbocycles. The Morgan fingerprint density at radius 1 is 1.17 bits per heavy atom. The molecule has 0 spiro atoms. The largest absolute Gasteiger partial charge is 0.496 e. The summed E-state index contributed by atoms with van der Waals surface area (Å²) < 4.78 is 40.8. The summed E-state index contributed by atoms with van der Waals surface area (Å²) in [6.07, 6.45) is 3.45. The van der Waals surface area contributed by atoms with Crippen LogP contribution in [0.2, 0.25) is 0 Å². The van der Waals surface area contributed by atoms with Crippen LogP contribution in [0.1, 0.15) is 43.5 Å². The first-order valence-corrected chi connectivity index (χ1v) is 11.9. The lowest BCUT2D eigenvalue weighted by atomic mass is 9.71. The van der Waals surface area contributed by atoms with E-state index in [2.05, 4.69) is 15.2 Å². The molecule has 4 aromatic rings. The third kappa shape index (κ3) is 3.98. The molecule has 9 heteroatoms. The Bertz CT molecular complexity index is 1440. The highest BCUT2D eigenvalue weighted by molar-refractivity contribution is 5.90. The number of benzene rings is 2. The number of nitrogens with zero attached hydrogens (tertiary/aromatic N) is 4. The minimum atomic E-state index is -0.968. The number of oxazole rings is 1. The predicted molar refractivity (Wildman–Crippen MR) is 129 cm³/mol. The predicted octanol–water partition coefficient (Wildman–Crippen LogP) is 5.45. The molecule has 0 bridgehead atoms. The second-order valence-corrected chi connectivity index (χ2v) is 9.05. The Hall–Kier alpha value is -3.88. The van der Waals surface area contributed by atoms with Crippen LogP contribution in [-0.2, 0) is 23.2 Å². The van der Waals surface area contributed by atoms with Gasteiger partial charge in [0.15, 0.2) is 29.1 Å². The van der Waals surface area contributed by atoms with Gasteiger partial charge in [0.2, 0.25) is 0 Å². The Balaban J connectivity index is 1.58. The van der Waals surface area contributed by atoms with Crippen LogP contribution in [0.4, 0.5) is 8.78 Å². The van der Waals surface area contributed by atoms with Gasteiger partial charge in [-0.2, -0.15) is 0 Å². The van der Waals surface area contributed by atoms with E-state index < -0.39 is 17.0 Å². The zero-order valence-electron chi connectivity index (χ0n) is 20.3. The first-order chi connectivity index (χ1) is 17.4. The van der Waals surface area contributed by atoms with Gasteiger partial charge in [0, 0.05) is 25.5 Å². The number of ether oxygens (including phenoxy) is 1. The molecule has 5 rings (SSSR count). The molecule has 0 amide bonds. The summed E-state index contributed by atoms with van der Waals surface area (Å²) in [6, 6.07) is 9.42. The standard InChI is InChI=1S/C27H26F2N4O3/c1-4-24(34)27(14-17-6-9-20(28)21(29)12-17)10-5-11-33-25(31-32-26(27)33)18-7-8-19(22(13-18)35-3)23-15-30-16(2)36-23/h6-9,12-13,15H,4-5,10-11,14H2,1-3H3. The fraction of sp³-hybridized carbons (Fsp3) is 0.333. The zero-order valence-corrected chi connectivity index (χ0v) is 20.3. The number of aryl methyl sites for hydroxylation is 1. The van der Waals surface area contributed by atoms with Gasteiger partial charge in [-0.15, -0.1) is 10.2 Å². The molecule has 2 aromatic carbocycles. The third-order valence-corrected chi connectivity index (χ3v) is 6.86. The lowest BCUT2D eigenvalue weighted by Crippen LogP contribution is -2.43. The van der Waals surface area contributed by atoms with Gasteiger partial charge < -0.3 is 13.7 Å². The molecule has 2 aromatic heterocycles.